The largest absolute Gasteiger partial charge is 0.508 e. The van der Waals surface area contributed by atoms with Gasteiger partial charge in [-0.2, -0.15) is 0 Å². The average molecular weight is 386 g/mol. The van der Waals surface area contributed by atoms with Gasteiger partial charge in [0, 0.05) is 62.8 Å². The van der Waals surface area contributed by atoms with Crippen LogP contribution in [0.25, 0.3) is 17.3 Å². The minimum Gasteiger partial charge on any atom is -0.508 e. The van der Waals surface area contributed by atoms with Gasteiger partial charge in [0.2, 0.25) is 0 Å². The van der Waals surface area contributed by atoms with Crippen molar-refractivity contribution >= 4 is 6.08 Å². The molecule has 1 aliphatic rings. The normalized spacial score (nSPS) is 15.7. The van der Waals surface area contributed by atoms with Crippen LogP contribution < -0.4 is 0 Å². The number of rotatable bonds is 6. The van der Waals surface area contributed by atoms with Crippen molar-refractivity contribution in [2.24, 2.45) is 0 Å². The van der Waals surface area contributed by atoms with Gasteiger partial charge in [-0.15, -0.1) is 0 Å². The SMILES string of the molecule is Oc1ccc(-c2cnccn2)cc1CN1CCN(CC=Cc2ccccc2)CC1. The summed E-state index contributed by atoms with van der Waals surface area (Å²) < 4.78 is 0. The van der Waals surface area contributed by atoms with Crippen LogP contribution in [0, 0.1) is 0 Å². The Morgan fingerprint density at radius 3 is 2.48 bits per heavy atom. The van der Waals surface area contributed by atoms with E-state index < -0.39 is 0 Å². The molecule has 0 spiro atoms. The first-order valence-electron chi connectivity index (χ1n) is 10.0. The van der Waals surface area contributed by atoms with Gasteiger partial charge < -0.3 is 5.11 Å². The lowest BCUT2D eigenvalue weighted by molar-refractivity contribution is 0.136. The maximum absolute atomic E-state index is 10.3. The molecule has 5 heteroatoms. The summed E-state index contributed by atoms with van der Waals surface area (Å²) >= 11 is 0. The van der Waals surface area contributed by atoms with E-state index in [4.69, 9.17) is 0 Å². The molecule has 0 atom stereocenters. The highest BCUT2D eigenvalue weighted by Crippen LogP contribution is 2.25. The third-order valence-corrected chi connectivity index (χ3v) is 5.27. The Bertz CT molecular complexity index is 936. The second-order valence-corrected chi connectivity index (χ2v) is 7.32. The standard InChI is InChI=1S/C24H26N4O/c29-24-9-8-21(23-18-25-10-11-26-23)17-22(24)19-28-15-13-27(14-16-28)12-4-7-20-5-2-1-3-6-20/h1-11,17-18,29H,12-16,19H2. The van der Waals surface area contributed by atoms with Gasteiger partial charge in [0.25, 0.3) is 0 Å². The summed E-state index contributed by atoms with van der Waals surface area (Å²) in [7, 11) is 0. The smallest absolute Gasteiger partial charge is 0.120 e. The van der Waals surface area contributed by atoms with Gasteiger partial charge in [0.05, 0.1) is 11.9 Å². The Labute approximate surface area is 172 Å². The van der Waals surface area contributed by atoms with E-state index in [0.29, 0.717) is 5.75 Å². The molecule has 0 bridgehead atoms. The van der Waals surface area contributed by atoms with Gasteiger partial charge in [-0.3, -0.25) is 19.8 Å². The molecular weight excluding hydrogens is 360 g/mol. The molecule has 29 heavy (non-hydrogen) atoms. The van der Waals surface area contributed by atoms with Gasteiger partial charge in [-0.1, -0.05) is 42.5 Å². The Morgan fingerprint density at radius 2 is 1.72 bits per heavy atom. The minimum absolute atomic E-state index is 0.339. The Kier molecular flexibility index (Phi) is 6.29. The van der Waals surface area contributed by atoms with Crippen LogP contribution in [-0.2, 0) is 6.54 Å². The van der Waals surface area contributed by atoms with Crippen LogP contribution in [0.15, 0.2) is 73.2 Å². The van der Waals surface area contributed by atoms with E-state index >= 15 is 0 Å². The van der Waals surface area contributed by atoms with E-state index in [1.54, 1.807) is 24.7 Å². The molecule has 2 aromatic carbocycles. The number of phenols is 1. The third-order valence-electron chi connectivity index (χ3n) is 5.27. The summed E-state index contributed by atoms with van der Waals surface area (Å²) in [5.41, 5.74) is 3.98. The highest BCUT2D eigenvalue weighted by atomic mass is 16.3. The summed E-state index contributed by atoms with van der Waals surface area (Å²) in [6, 6.07) is 16.1. The highest BCUT2D eigenvalue weighted by Gasteiger charge is 2.17. The van der Waals surface area contributed by atoms with Gasteiger partial charge in [0.15, 0.2) is 0 Å². The minimum atomic E-state index is 0.339. The predicted octanol–water partition coefficient (Wildman–Crippen LogP) is 3.68. The lowest BCUT2D eigenvalue weighted by Crippen LogP contribution is -2.45. The number of hydrogen-bond donors (Lipinski definition) is 1. The van der Waals surface area contributed by atoms with Crippen molar-refractivity contribution < 1.29 is 5.11 Å². The fraction of sp³-hybridized carbons (Fsp3) is 0.250. The van der Waals surface area contributed by atoms with Crippen molar-refractivity contribution in [3.8, 4) is 17.0 Å². The number of piperazine rings is 1. The number of hydrogen-bond acceptors (Lipinski definition) is 5. The monoisotopic (exact) mass is 386 g/mol. The number of aromatic nitrogens is 2. The summed E-state index contributed by atoms with van der Waals surface area (Å²) in [5.74, 6) is 0.339. The van der Waals surface area contributed by atoms with E-state index in [0.717, 1.165) is 56.1 Å². The van der Waals surface area contributed by atoms with Crippen LogP contribution in [-0.4, -0.2) is 57.6 Å². The van der Waals surface area contributed by atoms with E-state index in [9.17, 15) is 5.11 Å². The van der Waals surface area contributed by atoms with Crippen molar-refractivity contribution in [1.82, 2.24) is 19.8 Å². The molecule has 0 unspecified atom stereocenters. The molecule has 148 valence electrons. The molecule has 0 amide bonds. The van der Waals surface area contributed by atoms with Crippen molar-refractivity contribution in [3.63, 3.8) is 0 Å². The van der Waals surface area contributed by atoms with Gasteiger partial charge in [0.1, 0.15) is 5.75 Å². The third kappa shape index (κ3) is 5.28. The Balaban J connectivity index is 1.31. The maximum atomic E-state index is 10.3. The maximum Gasteiger partial charge on any atom is 0.120 e. The van der Waals surface area contributed by atoms with Crippen LogP contribution in [0.4, 0.5) is 0 Å². The van der Waals surface area contributed by atoms with Crippen molar-refractivity contribution in [1.29, 1.82) is 0 Å². The Morgan fingerprint density at radius 1 is 0.931 bits per heavy atom. The molecule has 0 aliphatic carbocycles. The van der Waals surface area contributed by atoms with Crippen LogP contribution in [0.2, 0.25) is 0 Å². The van der Waals surface area contributed by atoms with Crippen molar-refractivity contribution in [2.75, 3.05) is 32.7 Å². The molecule has 4 rings (SSSR count). The van der Waals surface area contributed by atoms with Gasteiger partial charge in [-0.05, 0) is 23.8 Å². The van der Waals surface area contributed by atoms with E-state index in [-0.39, 0.29) is 0 Å². The molecule has 1 aromatic heterocycles. The van der Waals surface area contributed by atoms with E-state index in [2.05, 4.69) is 56.2 Å². The fourth-order valence-corrected chi connectivity index (χ4v) is 3.59. The van der Waals surface area contributed by atoms with E-state index in [1.807, 2.05) is 18.2 Å². The molecule has 3 aromatic rings. The molecule has 1 aliphatic heterocycles. The lowest BCUT2D eigenvalue weighted by atomic mass is 10.1. The lowest BCUT2D eigenvalue weighted by Gasteiger charge is -2.34. The van der Waals surface area contributed by atoms with Crippen molar-refractivity contribution in [3.05, 3.63) is 84.3 Å². The number of aromatic hydroxyl groups is 1. The van der Waals surface area contributed by atoms with Crippen LogP contribution in [0.5, 0.6) is 5.75 Å². The number of phenolic OH excluding ortho intramolecular Hbond substituents is 1. The zero-order valence-corrected chi connectivity index (χ0v) is 16.5. The first-order valence-corrected chi connectivity index (χ1v) is 10.0. The van der Waals surface area contributed by atoms with Crippen LogP contribution in [0.3, 0.4) is 0 Å². The number of benzene rings is 2. The molecule has 1 saturated heterocycles. The molecule has 2 heterocycles. The molecule has 0 radical (unpaired) electrons. The Hall–Kier alpha value is -3.02. The summed E-state index contributed by atoms with van der Waals surface area (Å²) in [4.78, 5) is 13.4. The predicted molar refractivity (Wildman–Crippen MR) is 116 cm³/mol. The van der Waals surface area contributed by atoms with Gasteiger partial charge in [-0.25, -0.2) is 0 Å². The van der Waals surface area contributed by atoms with Crippen LogP contribution in [0.1, 0.15) is 11.1 Å². The first-order chi connectivity index (χ1) is 14.3. The molecular formula is C24H26N4O. The second kappa shape index (κ2) is 9.45. The summed E-state index contributed by atoms with van der Waals surface area (Å²) in [5, 5.41) is 10.3. The zero-order valence-electron chi connectivity index (χ0n) is 16.5. The molecule has 1 N–H and O–H groups in total. The molecule has 0 saturated carbocycles. The summed E-state index contributed by atoms with van der Waals surface area (Å²) in [6.07, 6.45) is 9.52. The second-order valence-electron chi connectivity index (χ2n) is 7.32. The zero-order chi connectivity index (χ0) is 19.9. The fourth-order valence-electron chi connectivity index (χ4n) is 3.59. The number of nitrogens with zero attached hydrogens (tertiary/aromatic N) is 4. The molecule has 1 fully saturated rings. The average Bonchev–Trinajstić information content (AvgIpc) is 2.78. The summed E-state index contributed by atoms with van der Waals surface area (Å²) in [6.45, 7) is 5.76. The topological polar surface area (TPSA) is 52.5 Å². The first kappa shape index (κ1) is 19.3. The van der Waals surface area contributed by atoms with E-state index in [1.165, 1.54) is 5.56 Å². The van der Waals surface area contributed by atoms with Crippen molar-refractivity contribution in [2.45, 2.75) is 6.54 Å². The van der Waals surface area contributed by atoms with Crippen LogP contribution >= 0.6 is 0 Å². The van der Waals surface area contributed by atoms with Gasteiger partial charge >= 0.3 is 0 Å². The highest BCUT2D eigenvalue weighted by molar-refractivity contribution is 5.61. The molecule has 5 nitrogen and oxygen atoms in total. The quantitative estimate of drug-likeness (QED) is 0.700.